The van der Waals surface area contributed by atoms with Crippen molar-refractivity contribution in [3.8, 4) is 0 Å². The van der Waals surface area contributed by atoms with Crippen LogP contribution in [-0.4, -0.2) is 34.7 Å². The molecule has 0 saturated carbocycles. The Kier molecular flexibility index (Phi) is 10.4. The average Bonchev–Trinajstić information content (AvgIpc) is 3.04. The van der Waals surface area contributed by atoms with Gasteiger partial charge in [-0.15, -0.1) is 24.8 Å². The molecule has 0 aliphatic heterocycles. The topological polar surface area (TPSA) is 102 Å². The van der Waals surface area contributed by atoms with Gasteiger partial charge in [-0.3, -0.25) is 14.3 Å². The van der Waals surface area contributed by atoms with Crippen molar-refractivity contribution in [2.45, 2.75) is 13.0 Å². The Balaban J connectivity index is 0.00000264. The summed E-state index contributed by atoms with van der Waals surface area (Å²) in [5.41, 5.74) is 6.28. The van der Waals surface area contributed by atoms with Crippen LogP contribution in [0.15, 0.2) is 42.7 Å². The fraction of sp³-hybridized carbons (Fsp3) is 0.267. The summed E-state index contributed by atoms with van der Waals surface area (Å²) < 4.78 is 1.68. The fourth-order valence-electron chi connectivity index (χ4n) is 1.93. The van der Waals surface area contributed by atoms with Crippen molar-refractivity contribution in [1.82, 2.24) is 15.1 Å². The Morgan fingerprint density at radius 1 is 1.17 bits per heavy atom. The lowest BCUT2D eigenvalue weighted by Crippen LogP contribution is -2.30. The van der Waals surface area contributed by atoms with Crippen LogP contribution in [0.3, 0.4) is 0 Å². The molecule has 2 rings (SSSR count). The maximum atomic E-state index is 12.0. The molecule has 9 heteroatoms. The predicted molar refractivity (Wildman–Crippen MR) is 97.8 cm³/mol. The average molecular weight is 374 g/mol. The number of rotatable bonds is 7. The van der Waals surface area contributed by atoms with Gasteiger partial charge in [0.15, 0.2) is 0 Å². The number of carbonyl (C=O) groups excluding carboxylic acids is 2. The number of para-hydroxylation sites is 1. The lowest BCUT2D eigenvalue weighted by molar-refractivity contribution is -0.116. The van der Waals surface area contributed by atoms with E-state index in [1.165, 1.54) is 0 Å². The fourth-order valence-corrected chi connectivity index (χ4v) is 1.93. The monoisotopic (exact) mass is 373 g/mol. The van der Waals surface area contributed by atoms with Crippen LogP contribution in [0.4, 0.5) is 5.69 Å². The molecule has 0 unspecified atom stereocenters. The molecule has 2 amide bonds. The number of nitrogens with two attached hydrogens (primary N) is 1. The molecule has 1 heterocycles. The molecular weight excluding hydrogens is 353 g/mol. The highest BCUT2D eigenvalue weighted by molar-refractivity contribution is 6.03. The normalized spacial score (nSPS) is 9.38. The van der Waals surface area contributed by atoms with Gasteiger partial charge in [-0.1, -0.05) is 12.1 Å². The molecule has 132 valence electrons. The van der Waals surface area contributed by atoms with Gasteiger partial charge in [-0.25, -0.2) is 0 Å². The third-order valence-electron chi connectivity index (χ3n) is 3.00. The van der Waals surface area contributed by atoms with E-state index in [1.807, 2.05) is 0 Å². The number of amides is 2. The minimum absolute atomic E-state index is 0. The molecule has 24 heavy (non-hydrogen) atoms. The summed E-state index contributed by atoms with van der Waals surface area (Å²) in [7, 11) is 0. The standard InChI is InChI=1S/C15H19N5O2.2ClH/c16-7-9-17-15(22)12-4-1-2-5-13(12)19-14(21)6-11-20-10-3-8-18-20;;/h1-5,8,10H,6-7,9,11,16H2,(H,17,22)(H,19,21);2*1H. The van der Waals surface area contributed by atoms with Crippen molar-refractivity contribution in [2.24, 2.45) is 5.73 Å². The highest BCUT2D eigenvalue weighted by atomic mass is 35.5. The number of carbonyl (C=O) groups is 2. The van der Waals surface area contributed by atoms with Gasteiger partial charge in [0.1, 0.15) is 0 Å². The van der Waals surface area contributed by atoms with Gasteiger partial charge in [0.05, 0.1) is 11.3 Å². The summed E-state index contributed by atoms with van der Waals surface area (Å²) in [5, 5.41) is 9.48. The Morgan fingerprint density at radius 2 is 1.92 bits per heavy atom. The maximum absolute atomic E-state index is 12.0. The van der Waals surface area contributed by atoms with Crippen molar-refractivity contribution in [3.05, 3.63) is 48.3 Å². The van der Waals surface area contributed by atoms with Crippen LogP contribution >= 0.6 is 24.8 Å². The van der Waals surface area contributed by atoms with E-state index in [0.717, 1.165) is 0 Å². The second-order valence-electron chi connectivity index (χ2n) is 4.66. The highest BCUT2D eigenvalue weighted by Gasteiger charge is 2.12. The predicted octanol–water partition coefficient (Wildman–Crippen LogP) is 1.44. The van der Waals surface area contributed by atoms with E-state index in [4.69, 9.17) is 5.73 Å². The molecule has 0 radical (unpaired) electrons. The summed E-state index contributed by atoms with van der Waals surface area (Å²) in [6.07, 6.45) is 3.73. The van der Waals surface area contributed by atoms with Crippen LogP contribution in [0.5, 0.6) is 0 Å². The zero-order valence-electron chi connectivity index (χ0n) is 13.0. The lowest BCUT2D eigenvalue weighted by atomic mass is 10.1. The molecule has 0 bridgehead atoms. The number of hydrogen-bond acceptors (Lipinski definition) is 4. The zero-order valence-corrected chi connectivity index (χ0v) is 14.6. The van der Waals surface area contributed by atoms with Crippen LogP contribution in [-0.2, 0) is 11.3 Å². The van der Waals surface area contributed by atoms with E-state index >= 15 is 0 Å². The molecule has 2 aromatic rings. The Hall–Kier alpha value is -2.09. The van der Waals surface area contributed by atoms with E-state index in [0.29, 0.717) is 30.9 Å². The van der Waals surface area contributed by atoms with E-state index in [-0.39, 0.29) is 43.0 Å². The summed E-state index contributed by atoms with van der Waals surface area (Å²) in [4.78, 5) is 24.0. The third kappa shape index (κ3) is 6.57. The Bertz CT molecular complexity index is 635. The molecule has 7 nitrogen and oxygen atoms in total. The molecule has 1 aromatic heterocycles. The highest BCUT2D eigenvalue weighted by Crippen LogP contribution is 2.15. The van der Waals surface area contributed by atoms with Crippen molar-refractivity contribution in [2.75, 3.05) is 18.4 Å². The van der Waals surface area contributed by atoms with E-state index in [1.54, 1.807) is 47.4 Å². The first-order valence-corrected chi connectivity index (χ1v) is 7.05. The van der Waals surface area contributed by atoms with Gasteiger partial charge in [-0.05, 0) is 18.2 Å². The first-order valence-electron chi connectivity index (χ1n) is 7.05. The number of benzene rings is 1. The summed E-state index contributed by atoms with van der Waals surface area (Å²) in [6, 6.07) is 8.67. The first-order chi connectivity index (χ1) is 10.7. The molecule has 4 N–H and O–H groups in total. The lowest BCUT2D eigenvalue weighted by Gasteiger charge is -2.11. The molecule has 1 aromatic carbocycles. The molecule has 0 atom stereocenters. The largest absolute Gasteiger partial charge is 0.351 e. The SMILES string of the molecule is Cl.Cl.NCCNC(=O)c1ccccc1NC(=O)CCn1cccn1. The molecule has 0 spiro atoms. The van der Waals surface area contributed by atoms with Crippen molar-refractivity contribution in [3.63, 3.8) is 0 Å². The molecule has 0 saturated heterocycles. The zero-order chi connectivity index (χ0) is 15.8. The van der Waals surface area contributed by atoms with E-state index in [2.05, 4.69) is 15.7 Å². The molecule has 0 fully saturated rings. The maximum Gasteiger partial charge on any atom is 0.253 e. The summed E-state index contributed by atoms with van der Waals surface area (Å²) in [5.74, 6) is -0.428. The van der Waals surface area contributed by atoms with Gasteiger partial charge in [0, 0.05) is 38.4 Å². The number of nitrogens with one attached hydrogen (secondary N) is 2. The second-order valence-corrected chi connectivity index (χ2v) is 4.66. The van der Waals surface area contributed by atoms with Gasteiger partial charge < -0.3 is 16.4 Å². The van der Waals surface area contributed by atoms with Crippen molar-refractivity contribution in [1.29, 1.82) is 0 Å². The number of anilines is 1. The molecule has 0 aliphatic rings. The van der Waals surface area contributed by atoms with Crippen LogP contribution in [0.25, 0.3) is 0 Å². The van der Waals surface area contributed by atoms with E-state index < -0.39 is 0 Å². The van der Waals surface area contributed by atoms with Crippen LogP contribution in [0.1, 0.15) is 16.8 Å². The van der Waals surface area contributed by atoms with Gasteiger partial charge in [-0.2, -0.15) is 5.10 Å². The number of aryl methyl sites for hydroxylation is 1. The van der Waals surface area contributed by atoms with Crippen molar-refractivity contribution >= 4 is 42.3 Å². The summed E-state index contributed by atoms with van der Waals surface area (Å²) in [6.45, 7) is 1.24. The molecule has 0 aliphatic carbocycles. The second kappa shape index (κ2) is 11.4. The number of nitrogens with zero attached hydrogens (tertiary/aromatic N) is 2. The number of aromatic nitrogens is 2. The van der Waals surface area contributed by atoms with Crippen LogP contribution in [0.2, 0.25) is 0 Å². The number of halogens is 2. The Morgan fingerprint density at radius 3 is 2.58 bits per heavy atom. The smallest absolute Gasteiger partial charge is 0.253 e. The quantitative estimate of drug-likeness (QED) is 0.683. The first kappa shape index (κ1) is 21.9. The minimum Gasteiger partial charge on any atom is -0.351 e. The number of hydrogen-bond donors (Lipinski definition) is 3. The van der Waals surface area contributed by atoms with Gasteiger partial charge >= 0.3 is 0 Å². The third-order valence-corrected chi connectivity index (χ3v) is 3.00. The van der Waals surface area contributed by atoms with E-state index in [9.17, 15) is 9.59 Å². The minimum atomic E-state index is -0.256. The molecular formula is C15H21Cl2N5O2. The van der Waals surface area contributed by atoms with Gasteiger partial charge in [0.2, 0.25) is 5.91 Å². The Labute approximate surface area is 152 Å². The summed E-state index contributed by atoms with van der Waals surface area (Å²) >= 11 is 0. The van der Waals surface area contributed by atoms with Gasteiger partial charge in [0.25, 0.3) is 5.91 Å². The van der Waals surface area contributed by atoms with Crippen LogP contribution in [0, 0.1) is 0 Å². The van der Waals surface area contributed by atoms with Crippen molar-refractivity contribution < 1.29 is 9.59 Å². The van der Waals surface area contributed by atoms with Crippen LogP contribution < -0.4 is 16.4 Å².